The second kappa shape index (κ2) is 6.73. The molecule has 3 fully saturated rings. The Morgan fingerprint density at radius 1 is 1.18 bits per heavy atom. The molecule has 1 aromatic heterocycles. The SMILES string of the molecule is CC(=O)OC1CC2C(C)(C3=CCC(c4ccoc4)C31C)C(O)C1OCC3(C)C=CC(=O)C2(C)C13. The molecule has 6 heteroatoms. The van der Waals surface area contributed by atoms with Crippen LogP contribution >= 0.6 is 0 Å². The predicted molar refractivity (Wildman–Crippen MR) is 124 cm³/mol. The van der Waals surface area contributed by atoms with Crippen LogP contribution in [0.15, 0.2) is 46.8 Å². The van der Waals surface area contributed by atoms with Gasteiger partial charge in [0.15, 0.2) is 5.78 Å². The zero-order chi connectivity index (χ0) is 24.3. The Morgan fingerprint density at radius 2 is 1.94 bits per heavy atom. The van der Waals surface area contributed by atoms with Crippen molar-refractivity contribution in [1.29, 1.82) is 0 Å². The predicted octanol–water partition coefficient (Wildman–Crippen LogP) is 4.20. The smallest absolute Gasteiger partial charge is 0.302 e. The highest BCUT2D eigenvalue weighted by atomic mass is 16.5. The Morgan fingerprint density at radius 3 is 2.62 bits per heavy atom. The number of ketones is 1. The summed E-state index contributed by atoms with van der Waals surface area (Å²) in [4.78, 5) is 26.0. The van der Waals surface area contributed by atoms with Gasteiger partial charge in [0.1, 0.15) is 6.10 Å². The van der Waals surface area contributed by atoms with Crippen LogP contribution in [-0.4, -0.2) is 41.8 Å². The molecule has 2 saturated carbocycles. The highest BCUT2D eigenvalue weighted by Crippen LogP contribution is 2.74. The zero-order valence-corrected chi connectivity index (χ0v) is 20.5. The van der Waals surface area contributed by atoms with Crippen LogP contribution in [-0.2, 0) is 19.1 Å². The lowest BCUT2D eigenvalue weighted by Gasteiger charge is -2.66. The third-order valence-electron chi connectivity index (χ3n) is 10.6. The number of esters is 1. The second-order valence-corrected chi connectivity index (χ2v) is 12.1. The van der Waals surface area contributed by atoms with Gasteiger partial charge in [0.05, 0.1) is 31.3 Å². The van der Waals surface area contributed by atoms with E-state index in [2.05, 4.69) is 33.8 Å². The van der Waals surface area contributed by atoms with Crippen molar-refractivity contribution in [3.63, 3.8) is 0 Å². The van der Waals surface area contributed by atoms with E-state index >= 15 is 0 Å². The Hall–Kier alpha value is -2.18. The normalized spacial score (nSPS) is 50.9. The number of aliphatic hydroxyl groups excluding tert-OH is 1. The first-order valence-electron chi connectivity index (χ1n) is 12.4. The van der Waals surface area contributed by atoms with Crippen molar-refractivity contribution in [2.75, 3.05) is 6.61 Å². The third-order valence-corrected chi connectivity index (χ3v) is 10.6. The highest BCUT2D eigenvalue weighted by Gasteiger charge is 2.76. The molecule has 4 aliphatic carbocycles. The number of carbonyl (C=O) groups excluding carboxylic acids is 2. The van der Waals surface area contributed by atoms with Crippen LogP contribution in [0.25, 0.3) is 0 Å². The summed E-state index contributed by atoms with van der Waals surface area (Å²) in [5, 5.41) is 12.0. The molecule has 1 aliphatic heterocycles. The molecular formula is C28H34O6. The average Bonchev–Trinajstić information content (AvgIpc) is 3.50. The molecule has 0 bridgehead atoms. The van der Waals surface area contributed by atoms with Gasteiger partial charge in [-0.3, -0.25) is 9.59 Å². The number of furan rings is 1. The van der Waals surface area contributed by atoms with E-state index in [0.29, 0.717) is 13.0 Å². The number of hydrogen-bond acceptors (Lipinski definition) is 6. The minimum absolute atomic E-state index is 0.0535. The maximum atomic E-state index is 13.7. The van der Waals surface area contributed by atoms with Crippen molar-refractivity contribution >= 4 is 11.8 Å². The van der Waals surface area contributed by atoms with E-state index in [-0.39, 0.29) is 34.9 Å². The van der Waals surface area contributed by atoms with Crippen LogP contribution in [0.3, 0.4) is 0 Å². The molecule has 34 heavy (non-hydrogen) atoms. The van der Waals surface area contributed by atoms with E-state index < -0.39 is 34.6 Å². The molecule has 2 heterocycles. The molecule has 182 valence electrons. The van der Waals surface area contributed by atoms with E-state index in [0.717, 1.165) is 17.6 Å². The number of aliphatic hydroxyl groups is 1. The standard InChI is InChI=1S/C28H34O6/c1-15(29)34-21-12-19-27(4,18-7-6-17(26(18,21)3)16-9-11-32-13-16)24(31)22-23-25(2,14-33-22)10-8-20(30)28(19,23)5/h7-11,13,17,19,21-24,31H,6,12,14H2,1-5H3. The molecule has 1 aromatic rings. The molecule has 6 nitrogen and oxygen atoms in total. The summed E-state index contributed by atoms with van der Waals surface area (Å²) in [5.74, 6) is -0.502. The monoisotopic (exact) mass is 466 g/mol. The van der Waals surface area contributed by atoms with Crippen molar-refractivity contribution in [2.24, 2.45) is 33.5 Å². The minimum Gasteiger partial charge on any atom is -0.472 e. The lowest BCUT2D eigenvalue weighted by atomic mass is 9.37. The largest absolute Gasteiger partial charge is 0.472 e. The Labute approximate surface area is 200 Å². The van der Waals surface area contributed by atoms with Gasteiger partial charge < -0.3 is 19.0 Å². The summed E-state index contributed by atoms with van der Waals surface area (Å²) in [6, 6.07) is 1.97. The molecule has 10 atom stereocenters. The molecule has 6 rings (SSSR count). The van der Waals surface area contributed by atoms with E-state index in [4.69, 9.17) is 13.9 Å². The maximum absolute atomic E-state index is 13.7. The van der Waals surface area contributed by atoms with Gasteiger partial charge in [0, 0.05) is 40.4 Å². The van der Waals surface area contributed by atoms with E-state index in [9.17, 15) is 14.7 Å². The maximum Gasteiger partial charge on any atom is 0.302 e. The van der Waals surface area contributed by atoms with Crippen molar-refractivity contribution in [3.05, 3.63) is 48.0 Å². The number of hydrogen-bond donors (Lipinski definition) is 1. The molecule has 0 radical (unpaired) electrons. The van der Waals surface area contributed by atoms with Crippen molar-refractivity contribution in [2.45, 2.75) is 71.7 Å². The zero-order valence-electron chi connectivity index (χ0n) is 20.5. The summed E-state index contributed by atoms with van der Waals surface area (Å²) in [7, 11) is 0. The van der Waals surface area contributed by atoms with Gasteiger partial charge in [-0.2, -0.15) is 0 Å². The summed E-state index contributed by atoms with van der Waals surface area (Å²) >= 11 is 0. The molecule has 1 N–H and O–H groups in total. The van der Waals surface area contributed by atoms with E-state index in [1.54, 1.807) is 18.6 Å². The van der Waals surface area contributed by atoms with Gasteiger partial charge in [0.25, 0.3) is 0 Å². The minimum atomic E-state index is -0.761. The van der Waals surface area contributed by atoms with Crippen LogP contribution in [0.2, 0.25) is 0 Å². The van der Waals surface area contributed by atoms with Gasteiger partial charge in [-0.1, -0.05) is 45.4 Å². The van der Waals surface area contributed by atoms with Gasteiger partial charge >= 0.3 is 5.97 Å². The molecule has 1 saturated heterocycles. The van der Waals surface area contributed by atoms with Crippen LogP contribution in [0.4, 0.5) is 0 Å². The fourth-order valence-electron chi connectivity index (χ4n) is 9.15. The lowest BCUT2D eigenvalue weighted by Crippen LogP contribution is -2.71. The van der Waals surface area contributed by atoms with Gasteiger partial charge in [-0.15, -0.1) is 0 Å². The average molecular weight is 467 g/mol. The molecule has 10 unspecified atom stereocenters. The van der Waals surface area contributed by atoms with E-state index in [1.165, 1.54) is 6.92 Å². The third kappa shape index (κ3) is 2.39. The van der Waals surface area contributed by atoms with Crippen molar-refractivity contribution in [1.82, 2.24) is 0 Å². The highest BCUT2D eigenvalue weighted by molar-refractivity contribution is 5.97. The van der Waals surface area contributed by atoms with Crippen LogP contribution in [0.1, 0.15) is 58.9 Å². The second-order valence-electron chi connectivity index (χ2n) is 12.1. The summed E-state index contributed by atoms with van der Waals surface area (Å²) in [6.07, 6.45) is 9.06. The number of rotatable bonds is 2. The fourth-order valence-corrected chi connectivity index (χ4v) is 9.15. The summed E-state index contributed by atoms with van der Waals surface area (Å²) in [6.45, 7) is 10.4. The quantitative estimate of drug-likeness (QED) is 0.519. The molecule has 0 spiro atoms. The van der Waals surface area contributed by atoms with Crippen LogP contribution in [0.5, 0.6) is 0 Å². The van der Waals surface area contributed by atoms with Gasteiger partial charge in [-0.25, -0.2) is 0 Å². The summed E-state index contributed by atoms with van der Waals surface area (Å²) < 4.78 is 17.8. The van der Waals surface area contributed by atoms with Crippen molar-refractivity contribution < 1.29 is 28.6 Å². The van der Waals surface area contributed by atoms with Crippen LogP contribution < -0.4 is 0 Å². The first-order chi connectivity index (χ1) is 16.0. The fraction of sp³-hybridized carbons (Fsp3) is 0.643. The summed E-state index contributed by atoms with van der Waals surface area (Å²) in [5.41, 5.74) is -0.111. The molecule has 0 aromatic carbocycles. The molecule has 5 aliphatic rings. The first-order valence-corrected chi connectivity index (χ1v) is 12.4. The first kappa shape index (κ1) is 22.3. The topological polar surface area (TPSA) is 86.0 Å². The number of carbonyl (C=O) groups is 2. The molecule has 0 amide bonds. The lowest BCUT2D eigenvalue weighted by molar-refractivity contribution is -0.216. The number of ether oxygens (including phenoxy) is 2. The Bertz CT molecular complexity index is 1120. The van der Waals surface area contributed by atoms with Crippen LogP contribution in [0, 0.1) is 33.5 Å². The van der Waals surface area contributed by atoms with Crippen molar-refractivity contribution in [3.8, 4) is 0 Å². The van der Waals surface area contributed by atoms with Gasteiger partial charge in [0.2, 0.25) is 0 Å². The number of allylic oxidation sites excluding steroid dienone is 2. The number of fused-ring (bicyclic) bond motifs is 4. The molecular weight excluding hydrogens is 432 g/mol. The van der Waals surface area contributed by atoms with Gasteiger partial charge in [-0.05, 0) is 36.5 Å². The Balaban J connectivity index is 1.56. The van der Waals surface area contributed by atoms with E-state index in [1.807, 2.05) is 12.1 Å². The Kier molecular flexibility index (Phi) is 4.41.